The van der Waals surface area contributed by atoms with Gasteiger partial charge in [-0.3, -0.25) is 9.59 Å². The lowest BCUT2D eigenvalue weighted by molar-refractivity contribution is -0.146. The Bertz CT molecular complexity index is 920. The molecule has 1 spiro atoms. The monoisotopic (exact) mass is 394 g/mol. The fourth-order valence-corrected chi connectivity index (χ4v) is 5.16. The van der Waals surface area contributed by atoms with E-state index in [-0.39, 0.29) is 11.8 Å². The highest BCUT2D eigenvalue weighted by Crippen LogP contribution is 2.43. The number of H-pyrrole nitrogens is 1. The van der Waals surface area contributed by atoms with E-state index >= 15 is 0 Å². The Hall–Kier alpha value is -2.83. The summed E-state index contributed by atoms with van der Waals surface area (Å²) in [7, 11) is 0. The normalized spacial score (nSPS) is 22.2. The van der Waals surface area contributed by atoms with Gasteiger partial charge in [-0.25, -0.2) is 4.98 Å². The number of benzene rings is 1. The molecule has 1 aromatic carbocycles. The average Bonchev–Trinajstić information content (AvgIpc) is 3.41. The van der Waals surface area contributed by atoms with Crippen LogP contribution in [0.5, 0.6) is 5.75 Å². The van der Waals surface area contributed by atoms with Crippen molar-refractivity contribution in [3.05, 3.63) is 47.5 Å². The lowest BCUT2D eigenvalue weighted by Crippen LogP contribution is -2.59. The predicted molar refractivity (Wildman–Crippen MR) is 106 cm³/mol. The molecule has 4 heterocycles. The van der Waals surface area contributed by atoms with Crippen LogP contribution in [0.3, 0.4) is 0 Å². The molecular weight excluding hydrogens is 368 g/mol. The zero-order valence-electron chi connectivity index (χ0n) is 16.7. The van der Waals surface area contributed by atoms with Crippen LogP contribution in [0.2, 0.25) is 0 Å². The second-order valence-electron chi connectivity index (χ2n) is 8.15. The number of hydrogen-bond acceptors (Lipinski definition) is 4. The second-order valence-corrected chi connectivity index (χ2v) is 8.15. The number of amides is 2. The van der Waals surface area contributed by atoms with Crippen LogP contribution in [0, 0.1) is 0 Å². The van der Waals surface area contributed by atoms with Crippen molar-refractivity contribution in [2.24, 2.45) is 0 Å². The Morgan fingerprint density at radius 2 is 2.03 bits per heavy atom. The Kier molecular flexibility index (Phi) is 4.33. The zero-order chi connectivity index (χ0) is 20.0. The molecule has 7 nitrogen and oxygen atoms in total. The number of nitrogens with one attached hydrogen (secondary N) is 1. The molecule has 152 valence electrons. The molecule has 7 heteroatoms. The van der Waals surface area contributed by atoms with Crippen molar-refractivity contribution < 1.29 is 14.3 Å². The third-order valence-electron chi connectivity index (χ3n) is 6.69. The third kappa shape index (κ3) is 2.82. The van der Waals surface area contributed by atoms with Crippen molar-refractivity contribution in [3.63, 3.8) is 0 Å². The smallest absolute Gasteiger partial charge is 0.263 e. The van der Waals surface area contributed by atoms with E-state index in [2.05, 4.69) is 9.97 Å². The molecule has 0 bridgehead atoms. The average molecular weight is 394 g/mol. The van der Waals surface area contributed by atoms with Crippen molar-refractivity contribution in [1.82, 2.24) is 19.8 Å². The van der Waals surface area contributed by atoms with E-state index in [0.717, 1.165) is 29.1 Å². The number of aromatic nitrogens is 2. The molecule has 2 amide bonds. The van der Waals surface area contributed by atoms with E-state index in [1.807, 2.05) is 41.0 Å². The largest absolute Gasteiger partial charge is 0.480 e. The Labute approximate surface area is 170 Å². The summed E-state index contributed by atoms with van der Waals surface area (Å²) in [6.45, 7) is 3.82. The number of aromatic amines is 1. The number of para-hydroxylation sites is 1. The molecule has 0 radical (unpaired) electrons. The number of imidazole rings is 1. The molecule has 1 aromatic heterocycles. The van der Waals surface area contributed by atoms with Gasteiger partial charge >= 0.3 is 0 Å². The minimum Gasteiger partial charge on any atom is -0.480 e. The maximum atomic E-state index is 13.1. The first-order valence-corrected chi connectivity index (χ1v) is 10.5. The molecule has 1 fully saturated rings. The number of nitrogens with zero attached hydrogens (tertiary/aromatic N) is 3. The number of piperidine rings is 1. The van der Waals surface area contributed by atoms with Crippen LogP contribution in [0.4, 0.5) is 0 Å². The molecule has 0 saturated carbocycles. The van der Waals surface area contributed by atoms with E-state index < -0.39 is 11.6 Å². The summed E-state index contributed by atoms with van der Waals surface area (Å²) >= 11 is 0. The van der Waals surface area contributed by atoms with Gasteiger partial charge in [0.1, 0.15) is 5.75 Å². The van der Waals surface area contributed by atoms with Crippen molar-refractivity contribution in [2.75, 3.05) is 19.6 Å². The molecule has 3 aliphatic rings. The molecule has 0 unspecified atom stereocenters. The van der Waals surface area contributed by atoms with Gasteiger partial charge < -0.3 is 19.5 Å². The van der Waals surface area contributed by atoms with Gasteiger partial charge in [-0.2, -0.15) is 0 Å². The van der Waals surface area contributed by atoms with Gasteiger partial charge in [0.15, 0.2) is 6.10 Å². The minimum absolute atomic E-state index is 0.0440. The summed E-state index contributed by atoms with van der Waals surface area (Å²) in [6, 6.07) is 7.84. The van der Waals surface area contributed by atoms with Gasteiger partial charge in [-0.1, -0.05) is 25.1 Å². The van der Waals surface area contributed by atoms with Crippen LogP contribution in [0.15, 0.2) is 30.6 Å². The number of carbonyl (C=O) groups excluding carboxylic acids is 2. The fraction of sp³-hybridized carbons (Fsp3) is 0.500. The van der Waals surface area contributed by atoms with Crippen molar-refractivity contribution in [3.8, 4) is 5.75 Å². The van der Waals surface area contributed by atoms with Crippen LogP contribution in [0.1, 0.15) is 43.1 Å². The van der Waals surface area contributed by atoms with Crippen LogP contribution in [-0.4, -0.2) is 57.3 Å². The fourth-order valence-electron chi connectivity index (χ4n) is 5.16. The molecule has 0 aliphatic carbocycles. The van der Waals surface area contributed by atoms with E-state index in [1.54, 1.807) is 6.33 Å². The molecule has 1 N–H and O–H groups in total. The van der Waals surface area contributed by atoms with Crippen molar-refractivity contribution >= 4 is 11.8 Å². The molecule has 2 aromatic rings. The first kappa shape index (κ1) is 18.2. The summed E-state index contributed by atoms with van der Waals surface area (Å²) in [5, 5.41) is 0. The van der Waals surface area contributed by atoms with Crippen LogP contribution < -0.4 is 4.74 Å². The van der Waals surface area contributed by atoms with Crippen LogP contribution in [0.25, 0.3) is 0 Å². The highest BCUT2D eigenvalue weighted by atomic mass is 16.5. The molecule has 1 saturated heterocycles. The summed E-state index contributed by atoms with van der Waals surface area (Å²) < 4.78 is 5.91. The molecule has 5 rings (SSSR count). The van der Waals surface area contributed by atoms with Gasteiger partial charge in [0.25, 0.3) is 5.91 Å². The maximum Gasteiger partial charge on any atom is 0.263 e. The highest BCUT2D eigenvalue weighted by molar-refractivity contribution is 5.83. The van der Waals surface area contributed by atoms with Crippen LogP contribution >= 0.6 is 0 Å². The second kappa shape index (κ2) is 6.90. The number of rotatable bonds is 2. The number of likely N-dealkylation sites (tertiary alicyclic amines) is 1. The highest BCUT2D eigenvalue weighted by Gasteiger charge is 2.49. The van der Waals surface area contributed by atoms with Gasteiger partial charge in [-0.05, 0) is 24.5 Å². The van der Waals surface area contributed by atoms with E-state index in [0.29, 0.717) is 45.3 Å². The quantitative estimate of drug-likeness (QED) is 0.845. The topological polar surface area (TPSA) is 78.5 Å². The van der Waals surface area contributed by atoms with Gasteiger partial charge in [0.05, 0.1) is 17.6 Å². The zero-order valence-corrected chi connectivity index (χ0v) is 16.7. The standard InChI is InChI=1S/C22H26N4O3/c1-2-19(27)26-10-7-16-20(24-14-23-16)22(26)8-11-25(12-9-22)21(28)18-13-15-5-3-4-6-17(15)29-18/h3-6,14,18H,2,7-13H2,1H3,(H,23,24)/t18-/m1/s1. The first-order valence-electron chi connectivity index (χ1n) is 10.5. The lowest BCUT2D eigenvalue weighted by atomic mass is 9.78. The minimum atomic E-state index is -0.442. The van der Waals surface area contributed by atoms with E-state index in [4.69, 9.17) is 4.74 Å². The Morgan fingerprint density at radius 3 is 2.79 bits per heavy atom. The summed E-state index contributed by atoms with van der Waals surface area (Å²) in [5.41, 5.74) is 2.80. The van der Waals surface area contributed by atoms with Gasteiger partial charge in [0.2, 0.25) is 5.91 Å². The Balaban J connectivity index is 1.34. The molecule has 1 atom stereocenters. The van der Waals surface area contributed by atoms with Gasteiger partial charge in [0, 0.05) is 44.6 Å². The molecule has 29 heavy (non-hydrogen) atoms. The number of fused-ring (bicyclic) bond motifs is 3. The van der Waals surface area contributed by atoms with Crippen molar-refractivity contribution in [2.45, 2.75) is 50.7 Å². The first-order chi connectivity index (χ1) is 14.1. The predicted octanol–water partition coefficient (Wildman–Crippen LogP) is 2.03. The summed E-state index contributed by atoms with van der Waals surface area (Å²) in [5.74, 6) is 1.02. The molecule has 3 aliphatic heterocycles. The molecular formula is C22H26N4O3. The maximum absolute atomic E-state index is 13.1. The number of ether oxygens (including phenoxy) is 1. The van der Waals surface area contributed by atoms with Crippen molar-refractivity contribution in [1.29, 1.82) is 0 Å². The summed E-state index contributed by atoms with van der Waals surface area (Å²) in [6.07, 6.45) is 4.62. The lowest BCUT2D eigenvalue weighted by Gasteiger charge is -2.50. The van der Waals surface area contributed by atoms with E-state index in [9.17, 15) is 9.59 Å². The SMILES string of the molecule is CCC(=O)N1CCc2[nH]cnc2C12CCN(C(=O)[C@H]1Cc3ccccc3O1)CC2. The number of carbonyl (C=O) groups is 2. The van der Waals surface area contributed by atoms with Gasteiger partial charge in [-0.15, -0.1) is 0 Å². The third-order valence-corrected chi connectivity index (χ3v) is 6.69. The number of hydrogen-bond donors (Lipinski definition) is 1. The van der Waals surface area contributed by atoms with E-state index in [1.165, 1.54) is 0 Å². The summed E-state index contributed by atoms with van der Waals surface area (Å²) in [4.78, 5) is 37.6. The van der Waals surface area contributed by atoms with Crippen LogP contribution in [-0.2, 0) is 28.0 Å². The Morgan fingerprint density at radius 1 is 1.24 bits per heavy atom.